The molecule has 6 nitrogen and oxygen atoms in total. The van der Waals surface area contributed by atoms with Crippen molar-refractivity contribution >= 4 is 27.4 Å². The van der Waals surface area contributed by atoms with Gasteiger partial charge in [-0.3, -0.25) is 0 Å². The first-order valence-corrected chi connectivity index (χ1v) is 5.36. The van der Waals surface area contributed by atoms with Gasteiger partial charge in [0.05, 0.1) is 15.1 Å². The number of aromatic nitrogens is 4. The molecule has 0 amide bonds. The summed E-state index contributed by atoms with van der Waals surface area (Å²) in [5.41, 5.74) is 8.17. The van der Waals surface area contributed by atoms with E-state index in [1.165, 1.54) is 17.7 Å². The first-order valence-electron chi connectivity index (χ1n) is 4.55. The first-order chi connectivity index (χ1) is 7.77. The third-order valence-corrected chi connectivity index (χ3v) is 3.54. The number of fused-ring (bicyclic) bond motifs is 1. The van der Waals surface area contributed by atoms with E-state index in [0.717, 1.165) is 20.7 Å². The molecule has 0 radical (unpaired) electrons. The number of hydrogen-bond donors (Lipinski definition) is 1. The number of aryl methyl sites for hydroxylation is 1. The van der Waals surface area contributed by atoms with Crippen LogP contribution in [0.4, 0.5) is 5.82 Å². The van der Waals surface area contributed by atoms with Gasteiger partial charge in [-0.05, 0) is 22.8 Å². The quantitative estimate of drug-likeness (QED) is 0.687. The van der Waals surface area contributed by atoms with Crippen molar-refractivity contribution in [3.63, 3.8) is 0 Å². The molecule has 0 saturated heterocycles. The molecule has 3 aromatic rings. The second kappa shape index (κ2) is 3.24. The summed E-state index contributed by atoms with van der Waals surface area (Å²) in [7, 11) is 0. The Balaban J connectivity index is 2.33. The zero-order valence-electron chi connectivity index (χ0n) is 8.34. The highest BCUT2D eigenvalue weighted by Gasteiger charge is 2.17. The smallest absolute Gasteiger partial charge is 0.197 e. The van der Waals surface area contributed by atoms with Gasteiger partial charge in [-0.2, -0.15) is 0 Å². The average molecular weight is 233 g/mol. The van der Waals surface area contributed by atoms with Crippen LogP contribution < -0.4 is 5.73 Å². The van der Waals surface area contributed by atoms with Crippen molar-refractivity contribution in [3.05, 3.63) is 18.1 Å². The molecule has 0 unspecified atom stereocenters. The van der Waals surface area contributed by atoms with Crippen molar-refractivity contribution in [3.8, 4) is 10.6 Å². The van der Waals surface area contributed by atoms with Crippen molar-refractivity contribution in [2.45, 2.75) is 6.92 Å². The van der Waals surface area contributed by atoms with E-state index in [-0.39, 0.29) is 0 Å². The van der Waals surface area contributed by atoms with Gasteiger partial charge in [0.25, 0.3) is 0 Å². The molecule has 0 fully saturated rings. The van der Waals surface area contributed by atoms with E-state index in [0.29, 0.717) is 11.5 Å². The number of hydrogen-bond acceptors (Lipinski definition) is 7. The monoisotopic (exact) mass is 233 g/mol. The summed E-state index contributed by atoms with van der Waals surface area (Å²) in [5.74, 6) is 0.294. The van der Waals surface area contributed by atoms with Crippen LogP contribution in [0.25, 0.3) is 20.8 Å². The standard InChI is InChI=1S/C9H7N5OS/c1-4-6-5(2-11-3-12-6)16-8(4)7-9(10)14-15-13-7/h2-3H,1H3,(H2,10,14). The second-order valence-electron chi connectivity index (χ2n) is 3.29. The predicted molar refractivity (Wildman–Crippen MR) is 59.9 cm³/mol. The predicted octanol–water partition coefficient (Wildman–Crippen LogP) is 1.63. The largest absolute Gasteiger partial charge is 0.379 e. The van der Waals surface area contributed by atoms with Crippen LogP contribution in [0.15, 0.2) is 17.2 Å². The lowest BCUT2D eigenvalue weighted by Crippen LogP contribution is -1.87. The van der Waals surface area contributed by atoms with E-state index >= 15 is 0 Å². The third-order valence-electron chi connectivity index (χ3n) is 2.32. The lowest BCUT2D eigenvalue weighted by Gasteiger charge is -1.92. The van der Waals surface area contributed by atoms with Crippen LogP contribution in [-0.4, -0.2) is 20.3 Å². The Labute approximate surface area is 94.1 Å². The number of nitrogens with zero attached hydrogens (tertiary/aromatic N) is 4. The van der Waals surface area contributed by atoms with Gasteiger partial charge in [0.15, 0.2) is 11.5 Å². The maximum Gasteiger partial charge on any atom is 0.197 e. The van der Waals surface area contributed by atoms with Gasteiger partial charge in [-0.25, -0.2) is 14.6 Å². The molecule has 0 aliphatic carbocycles. The fourth-order valence-electron chi connectivity index (χ4n) is 1.55. The van der Waals surface area contributed by atoms with E-state index < -0.39 is 0 Å². The Hall–Kier alpha value is -2.02. The number of nitrogen functional groups attached to an aromatic ring is 1. The maximum atomic E-state index is 5.67. The van der Waals surface area contributed by atoms with Crippen LogP contribution in [0.5, 0.6) is 0 Å². The first kappa shape index (κ1) is 9.22. The number of nitrogens with two attached hydrogens (primary N) is 1. The van der Waals surface area contributed by atoms with Gasteiger partial charge in [-0.15, -0.1) is 11.3 Å². The molecule has 0 spiro atoms. The van der Waals surface area contributed by atoms with Crippen molar-refractivity contribution in [1.29, 1.82) is 0 Å². The average Bonchev–Trinajstić information content (AvgIpc) is 2.84. The molecular weight excluding hydrogens is 226 g/mol. The van der Waals surface area contributed by atoms with Crippen molar-refractivity contribution < 1.29 is 4.63 Å². The highest BCUT2D eigenvalue weighted by molar-refractivity contribution is 7.22. The molecule has 2 N–H and O–H groups in total. The second-order valence-corrected chi connectivity index (χ2v) is 4.34. The van der Waals surface area contributed by atoms with Crippen LogP contribution >= 0.6 is 11.3 Å². The lowest BCUT2D eigenvalue weighted by atomic mass is 10.2. The van der Waals surface area contributed by atoms with Crippen LogP contribution in [0.2, 0.25) is 0 Å². The Bertz CT molecular complexity index is 659. The number of anilines is 1. The molecular formula is C9H7N5OS. The van der Waals surface area contributed by atoms with E-state index in [9.17, 15) is 0 Å². The summed E-state index contributed by atoms with van der Waals surface area (Å²) in [6, 6.07) is 0. The van der Waals surface area contributed by atoms with Gasteiger partial charge < -0.3 is 5.73 Å². The zero-order valence-corrected chi connectivity index (χ0v) is 9.15. The van der Waals surface area contributed by atoms with E-state index in [4.69, 9.17) is 5.73 Å². The highest BCUT2D eigenvalue weighted by Crippen LogP contribution is 2.37. The van der Waals surface area contributed by atoms with Crippen LogP contribution in [0.1, 0.15) is 5.56 Å². The highest BCUT2D eigenvalue weighted by atomic mass is 32.1. The zero-order chi connectivity index (χ0) is 11.1. The van der Waals surface area contributed by atoms with E-state index in [1.54, 1.807) is 6.20 Å². The molecule has 0 aromatic carbocycles. The van der Waals surface area contributed by atoms with Gasteiger partial charge in [0, 0.05) is 6.20 Å². The topological polar surface area (TPSA) is 90.7 Å². The molecule has 0 aliphatic heterocycles. The van der Waals surface area contributed by atoms with Gasteiger partial charge >= 0.3 is 0 Å². The minimum atomic E-state index is 0.294. The molecule has 80 valence electrons. The Kier molecular flexibility index (Phi) is 1.87. The molecule has 0 saturated carbocycles. The van der Waals surface area contributed by atoms with Crippen LogP contribution in [-0.2, 0) is 0 Å². The van der Waals surface area contributed by atoms with E-state index in [1.807, 2.05) is 6.92 Å². The summed E-state index contributed by atoms with van der Waals surface area (Å²) in [6.45, 7) is 1.97. The van der Waals surface area contributed by atoms with Crippen molar-refractivity contribution in [2.75, 3.05) is 5.73 Å². The molecule has 0 aliphatic rings. The minimum absolute atomic E-state index is 0.294. The summed E-state index contributed by atoms with van der Waals surface area (Å²) < 4.78 is 5.59. The van der Waals surface area contributed by atoms with Gasteiger partial charge in [0.2, 0.25) is 0 Å². The van der Waals surface area contributed by atoms with Crippen molar-refractivity contribution in [1.82, 2.24) is 20.3 Å². The Morgan fingerprint density at radius 3 is 2.94 bits per heavy atom. The normalized spacial score (nSPS) is 11.1. The van der Waals surface area contributed by atoms with Gasteiger partial charge in [0.1, 0.15) is 6.33 Å². The number of rotatable bonds is 1. The molecule has 16 heavy (non-hydrogen) atoms. The minimum Gasteiger partial charge on any atom is -0.379 e. The molecule has 3 heterocycles. The molecule has 3 rings (SSSR count). The summed E-state index contributed by atoms with van der Waals surface area (Å²) in [6.07, 6.45) is 3.30. The summed E-state index contributed by atoms with van der Waals surface area (Å²) in [4.78, 5) is 9.13. The van der Waals surface area contributed by atoms with Gasteiger partial charge in [-0.1, -0.05) is 0 Å². The van der Waals surface area contributed by atoms with E-state index in [2.05, 4.69) is 24.9 Å². The summed E-state index contributed by atoms with van der Waals surface area (Å²) in [5, 5.41) is 7.36. The molecule has 7 heteroatoms. The lowest BCUT2D eigenvalue weighted by molar-refractivity contribution is 0.310. The Morgan fingerprint density at radius 1 is 1.38 bits per heavy atom. The molecule has 0 bridgehead atoms. The molecule has 0 atom stereocenters. The Morgan fingerprint density at radius 2 is 2.25 bits per heavy atom. The SMILES string of the molecule is Cc1c(-c2nonc2N)sc2cncnc12. The fourth-order valence-corrected chi connectivity index (χ4v) is 2.67. The molecule has 3 aromatic heterocycles. The maximum absolute atomic E-state index is 5.67. The fraction of sp³-hybridized carbons (Fsp3) is 0.111. The van der Waals surface area contributed by atoms with Crippen LogP contribution in [0, 0.1) is 6.92 Å². The summed E-state index contributed by atoms with van der Waals surface area (Å²) >= 11 is 1.53. The third kappa shape index (κ3) is 1.18. The van der Waals surface area contributed by atoms with Crippen molar-refractivity contribution in [2.24, 2.45) is 0 Å². The van der Waals surface area contributed by atoms with Crippen LogP contribution in [0.3, 0.4) is 0 Å². The number of thiophene rings is 1.